The highest BCUT2D eigenvalue weighted by atomic mass is 19.1. The number of hydrogen-bond donors (Lipinski definition) is 1. The van der Waals surface area contributed by atoms with Crippen molar-refractivity contribution in [1.29, 1.82) is 0 Å². The number of aryl methyl sites for hydroxylation is 1. The second-order valence-electron chi connectivity index (χ2n) is 7.19. The first kappa shape index (κ1) is 18.9. The molecule has 148 valence electrons. The van der Waals surface area contributed by atoms with Gasteiger partial charge in [-0.15, -0.1) is 0 Å². The van der Waals surface area contributed by atoms with E-state index in [0.717, 1.165) is 37.2 Å². The van der Waals surface area contributed by atoms with Crippen molar-refractivity contribution in [2.24, 2.45) is 5.10 Å². The van der Waals surface area contributed by atoms with Crippen molar-refractivity contribution in [2.45, 2.75) is 19.8 Å². The molecule has 2 aromatic carbocycles. The molecule has 1 aliphatic heterocycles. The molecule has 0 bridgehead atoms. The lowest BCUT2D eigenvalue weighted by Crippen LogP contribution is -2.19. The van der Waals surface area contributed by atoms with Gasteiger partial charge in [-0.05, 0) is 73.9 Å². The van der Waals surface area contributed by atoms with Gasteiger partial charge in [0.25, 0.3) is 5.91 Å². The normalized spacial score (nSPS) is 13.9. The Hall–Kier alpha value is -3.41. The zero-order chi connectivity index (χ0) is 20.2. The number of hydrogen-bond acceptors (Lipinski definition) is 3. The van der Waals surface area contributed by atoms with Crippen molar-refractivity contribution in [3.05, 3.63) is 83.4 Å². The first-order chi connectivity index (χ1) is 14.1. The summed E-state index contributed by atoms with van der Waals surface area (Å²) < 4.78 is 16.5. The van der Waals surface area contributed by atoms with Crippen molar-refractivity contribution in [2.75, 3.05) is 18.0 Å². The highest BCUT2D eigenvalue weighted by Crippen LogP contribution is 2.26. The predicted octanol–water partition coefficient (Wildman–Crippen LogP) is 4.29. The summed E-state index contributed by atoms with van der Waals surface area (Å²) in [6.07, 6.45) is 7.56. The molecule has 4 rings (SSSR count). The zero-order valence-corrected chi connectivity index (χ0v) is 16.3. The standard InChI is InChI=1S/C23H23FN4O/c1-17-14-22(28-12-4-5-13-28)21(24)15-19(17)16-25-26-23(29)18-6-8-20(9-7-18)27-10-2-3-11-27/h2-3,6-11,14-16H,4-5,12-13H2,1H3,(H,26,29)/b25-16+. The van der Waals surface area contributed by atoms with E-state index in [0.29, 0.717) is 16.8 Å². The van der Waals surface area contributed by atoms with Gasteiger partial charge in [0, 0.05) is 42.3 Å². The molecule has 1 saturated heterocycles. The van der Waals surface area contributed by atoms with Crippen LogP contribution in [0.1, 0.15) is 34.3 Å². The molecular weight excluding hydrogens is 367 g/mol. The molecule has 0 atom stereocenters. The van der Waals surface area contributed by atoms with Crippen LogP contribution < -0.4 is 10.3 Å². The molecule has 0 aliphatic carbocycles. The third kappa shape index (κ3) is 4.21. The van der Waals surface area contributed by atoms with Crippen LogP contribution in [0.4, 0.5) is 10.1 Å². The molecule has 2 heterocycles. The number of carbonyl (C=O) groups is 1. The van der Waals surface area contributed by atoms with Crippen molar-refractivity contribution < 1.29 is 9.18 Å². The summed E-state index contributed by atoms with van der Waals surface area (Å²) in [7, 11) is 0. The Morgan fingerprint density at radius 1 is 1.10 bits per heavy atom. The van der Waals surface area contributed by atoms with E-state index in [2.05, 4.69) is 15.4 Å². The van der Waals surface area contributed by atoms with Crippen LogP contribution in [-0.2, 0) is 0 Å². The molecule has 0 saturated carbocycles. The minimum atomic E-state index is -0.313. The summed E-state index contributed by atoms with van der Waals surface area (Å²) >= 11 is 0. The van der Waals surface area contributed by atoms with E-state index in [9.17, 15) is 9.18 Å². The van der Waals surface area contributed by atoms with Gasteiger partial charge in [0.1, 0.15) is 5.82 Å². The first-order valence-corrected chi connectivity index (χ1v) is 9.74. The maximum absolute atomic E-state index is 14.5. The number of benzene rings is 2. The minimum absolute atomic E-state index is 0.258. The van der Waals surface area contributed by atoms with Gasteiger partial charge >= 0.3 is 0 Å². The lowest BCUT2D eigenvalue weighted by molar-refractivity contribution is 0.0955. The number of aromatic nitrogens is 1. The molecule has 0 radical (unpaired) electrons. The molecule has 6 heteroatoms. The number of carbonyl (C=O) groups excluding carboxylic acids is 1. The van der Waals surface area contributed by atoms with Gasteiger partial charge in [-0.1, -0.05) is 0 Å². The van der Waals surface area contributed by atoms with Gasteiger partial charge in [0.05, 0.1) is 11.9 Å². The Morgan fingerprint density at radius 3 is 2.48 bits per heavy atom. The van der Waals surface area contributed by atoms with Gasteiger partial charge in [0.2, 0.25) is 0 Å². The molecule has 1 aliphatic rings. The van der Waals surface area contributed by atoms with E-state index in [1.54, 1.807) is 12.1 Å². The van der Waals surface area contributed by atoms with Gasteiger partial charge in [0.15, 0.2) is 0 Å². The third-order valence-corrected chi connectivity index (χ3v) is 5.18. The molecule has 29 heavy (non-hydrogen) atoms. The Kier molecular flexibility index (Phi) is 5.42. The number of amides is 1. The molecule has 3 aromatic rings. The smallest absolute Gasteiger partial charge is 0.271 e. The SMILES string of the molecule is Cc1cc(N2CCCC2)c(F)cc1/C=N/NC(=O)c1ccc(-n2cccc2)cc1. The maximum Gasteiger partial charge on any atom is 0.271 e. The number of nitrogens with one attached hydrogen (secondary N) is 1. The second-order valence-corrected chi connectivity index (χ2v) is 7.19. The van der Waals surface area contributed by atoms with Gasteiger partial charge in [-0.2, -0.15) is 5.10 Å². The predicted molar refractivity (Wildman–Crippen MR) is 113 cm³/mol. The van der Waals surface area contributed by atoms with Crippen LogP contribution >= 0.6 is 0 Å². The molecule has 1 aromatic heterocycles. The van der Waals surface area contributed by atoms with Gasteiger partial charge in [-0.3, -0.25) is 4.79 Å². The van der Waals surface area contributed by atoms with Gasteiger partial charge in [-0.25, -0.2) is 9.82 Å². The Labute approximate surface area is 169 Å². The lowest BCUT2D eigenvalue weighted by Gasteiger charge is -2.19. The average molecular weight is 390 g/mol. The van der Waals surface area contributed by atoms with Gasteiger partial charge < -0.3 is 9.47 Å². The number of halogens is 1. The lowest BCUT2D eigenvalue weighted by atomic mass is 10.1. The summed E-state index contributed by atoms with van der Waals surface area (Å²) in [5, 5.41) is 4.01. The first-order valence-electron chi connectivity index (χ1n) is 9.74. The van der Waals surface area contributed by atoms with Crippen molar-refractivity contribution in [3.8, 4) is 5.69 Å². The molecule has 1 amide bonds. The van der Waals surface area contributed by atoms with Crippen molar-refractivity contribution in [3.63, 3.8) is 0 Å². The molecule has 1 fully saturated rings. The summed E-state index contributed by atoms with van der Waals surface area (Å²) in [6, 6.07) is 14.4. The van der Waals surface area contributed by atoms with Crippen LogP contribution in [0.3, 0.4) is 0 Å². The van der Waals surface area contributed by atoms with Crippen LogP contribution in [0.5, 0.6) is 0 Å². The van der Waals surface area contributed by atoms with E-state index >= 15 is 0 Å². The Morgan fingerprint density at radius 2 is 1.79 bits per heavy atom. The minimum Gasteiger partial charge on any atom is -0.369 e. The fraction of sp³-hybridized carbons (Fsp3) is 0.217. The fourth-order valence-electron chi connectivity index (χ4n) is 3.54. The Bertz CT molecular complexity index is 1020. The number of nitrogens with zero attached hydrogens (tertiary/aromatic N) is 3. The molecule has 0 unspecified atom stereocenters. The van der Waals surface area contributed by atoms with Crippen LogP contribution in [0.15, 0.2) is 66.0 Å². The quantitative estimate of drug-likeness (QED) is 0.522. The van der Waals surface area contributed by atoms with E-state index < -0.39 is 0 Å². The molecule has 0 spiro atoms. The van der Waals surface area contributed by atoms with Crippen LogP contribution in [0.2, 0.25) is 0 Å². The van der Waals surface area contributed by atoms with Crippen LogP contribution in [-0.4, -0.2) is 29.8 Å². The zero-order valence-electron chi connectivity index (χ0n) is 16.3. The van der Waals surface area contributed by atoms with Crippen molar-refractivity contribution in [1.82, 2.24) is 9.99 Å². The van der Waals surface area contributed by atoms with E-state index in [1.807, 2.05) is 54.2 Å². The highest BCUT2D eigenvalue weighted by Gasteiger charge is 2.17. The third-order valence-electron chi connectivity index (χ3n) is 5.18. The average Bonchev–Trinajstić information content (AvgIpc) is 3.44. The Balaban J connectivity index is 1.42. The number of rotatable bonds is 5. The van der Waals surface area contributed by atoms with E-state index in [4.69, 9.17) is 0 Å². The summed E-state index contributed by atoms with van der Waals surface area (Å²) in [6.45, 7) is 3.70. The molecular formula is C23H23FN4O. The summed E-state index contributed by atoms with van der Waals surface area (Å²) in [5.74, 6) is -0.571. The molecule has 5 nitrogen and oxygen atoms in total. The summed E-state index contributed by atoms with van der Waals surface area (Å²) in [5.41, 5.74) is 6.19. The number of anilines is 1. The summed E-state index contributed by atoms with van der Waals surface area (Å²) in [4.78, 5) is 14.4. The van der Waals surface area contributed by atoms with E-state index in [-0.39, 0.29) is 11.7 Å². The topological polar surface area (TPSA) is 49.6 Å². The van der Waals surface area contributed by atoms with E-state index in [1.165, 1.54) is 12.3 Å². The number of hydrazone groups is 1. The maximum atomic E-state index is 14.5. The second kappa shape index (κ2) is 8.31. The highest BCUT2D eigenvalue weighted by molar-refractivity contribution is 5.95. The monoisotopic (exact) mass is 390 g/mol. The van der Waals surface area contributed by atoms with Crippen LogP contribution in [0.25, 0.3) is 5.69 Å². The van der Waals surface area contributed by atoms with Crippen molar-refractivity contribution >= 4 is 17.8 Å². The largest absolute Gasteiger partial charge is 0.369 e. The fourth-order valence-corrected chi connectivity index (χ4v) is 3.54. The van der Waals surface area contributed by atoms with Crippen LogP contribution in [0, 0.1) is 12.7 Å². The molecule has 1 N–H and O–H groups in total.